The Bertz CT molecular complexity index is 1140. The van der Waals surface area contributed by atoms with Crippen molar-refractivity contribution in [3.8, 4) is 17.2 Å². The van der Waals surface area contributed by atoms with Crippen molar-refractivity contribution in [2.75, 3.05) is 19.8 Å². The lowest BCUT2D eigenvalue weighted by atomic mass is 10.1. The first-order chi connectivity index (χ1) is 20.4. The summed E-state index contributed by atoms with van der Waals surface area (Å²) in [5.41, 5.74) is 1.02. The number of cyclic esters (lactones) is 1. The van der Waals surface area contributed by atoms with Gasteiger partial charge < -0.3 is 23.7 Å². The molecule has 2 aromatic carbocycles. The van der Waals surface area contributed by atoms with E-state index in [1.54, 1.807) is 48.5 Å². The molecule has 0 bridgehead atoms. The highest BCUT2D eigenvalue weighted by Crippen LogP contribution is 2.23. The van der Waals surface area contributed by atoms with Crippen molar-refractivity contribution in [2.24, 2.45) is 0 Å². The van der Waals surface area contributed by atoms with Gasteiger partial charge in [0.2, 0.25) is 0 Å². The van der Waals surface area contributed by atoms with Gasteiger partial charge in [0.25, 0.3) is 0 Å². The van der Waals surface area contributed by atoms with E-state index in [-0.39, 0.29) is 18.0 Å². The van der Waals surface area contributed by atoms with Crippen LogP contribution in [0.5, 0.6) is 17.2 Å². The number of unbranched alkanes of at least 4 members (excludes halogenated alkanes) is 7. The number of carbonyl (C=O) groups excluding carboxylic acids is 3. The Balaban J connectivity index is 1.23. The van der Waals surface area contributed by atoms with E-state index < -0.39 is 5.97 Å². The number of benzene rings is 2. The molecule has 0 aromatic heterocycles. The van der Waals surface area contributed by atoms with E-state index in [1.165, 1.54) is 6.08 Å². The van der Waals surface area contributed by atoms with Crippen LogP contribution in [0, 0.1) is 0 Å². The molecule has 0 amide bonds. The molecular weight excluding hydrogens is 536 g/mol. The fourth-order valence-corrected chi connectivity index (χ4v) is 4.43. The normalized spacial score (nSPS) is 14.2. The number of esters is 3. The Morgan fingerprint density at radius 1 is 0.762 bits per heavy atom. The average molecular weight is 579 g/mol. The zero-order chi connectivity index (χ0) is 30.0. The molecule has 0 saturated carbocycles. The molecule has 1 fully saturated rings. The third kappa shape index (κ3) is 12.2. The van der Waals surface area contributed by atoms with E-state index in [9.17, 15) is 14.4 Å². The van der Waals surface area contributed by atoms with Crippen LogP contribution >= 0.6 is 0 Å². The summed E-state index contributed by atoms with van der Waals surface area (Å²) in [6, 6.07) is 13.9. The van der Waals surface area contributed by atoms with Gasteiger partial charge in [-0.3, -0.25) is 0 Å². The molecule has 8 nitrogen and oxygen atoms in total. The maximum Gasteiger partial charge on any atom is 0.343 e. The second-order valence-electron chi connectivity index (χ2n) is 10.3. The first-order valence-electron chi connectivity index (χ1n) is 14.8. The number of carbonyl (C=O) groups is 3. The largest absolute Gasteiger partial charge is 0.494 e. The van der Waals surface area contributed by atoms with E-state index in [0.29, 0.717) is 48.9 Å². The van der Waals surface area contributed by atoms with E-state index in [2.05, 4.69) is 13.2 Å². The fraction of sp³-hybridized carbons (Fsp3) is 0.441. The number of ether oxygens (including phenoxy) is 5. The summed E-state index contributed by atoms with van der Waals surface area (Å²) in [5, 5.41) is 0. The molecule has 1 atom stereocenters. The third-order valence-electron chi connectivity index (χ3n) is 6.82. The Kier molecular flexibility index (Phi) is 14.2. The molecule has 1 heterocycles. The van der Waals surface area contributed by atoms with Gasteiger partial charge in [-0.1, -0.05) is 45.3 Å². The van der Waals surface area contributed by atoms with E-state index in [1.807, 2.05) is 0 Å². The molecule has 0 N–H and O–H groups in total. The van der Waals surface area contributed by atoms with Crippen LogP contribution in [0.1, 0.15) is 81.0 Å². The smallest absolute Gasteiger partial charge is 0.343 e. The van der Waals surface area contributed by atoms with Crippen molar-refractivity contribution in [2.45, 2.75) is 76.7 Å². The minimum absolute atomic E-state index is 0.00765. The molecule has 2 aromatic rings. The lowest BCUT2D eigenvalue weighted by Crippen LogP contribution is -2.08. The predicted octanol–water partition coefficient (Wildman–Crippen LogP) is 7.17. The van der Waals surface area contributed by atoms with Gasteiger partial charge in [0.05, 0.1) is 25.4 Å². The van der Waals surface area contributed by atoms with Crippen LogP contribution in [0.15, 0.2) is 73.3 Å². The van der Waals surface area contributed by atoms with E-state index in [4.69, 9.17) is 23.7 Å². The van der Waals surface area contributed by atoms with E-state index >= 15 is 0 Å². The summed E-state index contributed by atoms with van der Waals surface area (Å²) in [7, 11) is 0. The minimum Gasteiger partial charge on any atom is -0.494 e. The van der Waals surface area contributed by atoms with Crippen LogP contribution in [-0.2, 0) is 19.1 Å². The maximum absolute atomic E-state index is 12.5. The molecule has 226 valence electrons. The highest BCUT2D eigenvalue weighted by atomic mass is 16.6. The van der Waals surface area contributed by atoms with Gasteiger partial charge in [-0.25, -0.2) is 14.4 Å². The van der Waals surface area contributed by atoms with Crippen molar-refractivity contribution in [1.82, 2.24) is 0 Å². The van der Waals surface area contributed by atoms with Gasteiger partial charge in [-0.05, 0) is 80.6 Å². The zero-order valence-electron chi connectivity index (χ0n) is 24.4. The van der Waals surface area contributed by atoms with E-state index in [0.717, 1.165) is 70.0 Å². The fourth-order valence-electron chi connectivity index (χ4n) is 4.43. The zero-order valence-corrected chi connectivity index (χ0v) is 24.4. The van der Waals surface area contributed by atoms with Gasteiger partial charge in [0.1, 0.15) is 23.4 Å². The maximum atomic E-state index is 12.5. The van der Waals surface area contributed by atoms with Crippen LogP contribution in [0.2, 0.25) is 0 Å². The molecule has 1 unspecified atom stereocenters. The highest BCUT2D eigenvalue weighted by molar-refractivity contribution is 5.91. The number of hydrogen-bond acceptors (Lipinski definition) is 8. The van der Waals surface area contributed by atoms with Crippen molar-refractivity contribution in [3.63, 3.8) is 0 Å². The molecule has 0 spiro atoms. The molecule has 3 rings (SSSR count). The van der Waals surface area contributed by atoms with Crippen LogP contribution in [0.3, 0.4) is 0 Å². The van der Waals surface area contributed by atoms with Crippen molar-refractivity contribution in [1.29, 1.82) is 0 Å². The molecule has 1 saturated heterocycles. The highest BCUT2D eigenvalue weighted by Gasteiger charge is 2.26. The topological polar surface area (TPSA) is 97.4 Å². The van der Waals surface area contributed by atoms with Gasteiger partial charge in [0, 0.05) is 18.1 Å². The SMILES string of the molecule is C=CC(=O)OCCCCCCCOc1ccc(OC(=O)c2ccc(OCCCCCCC3CC(=C)C(=O)O3)cc2)cc1. The Morgan fingerprint density at radius 2 is 1.29 bits per heavy atom. The molecule has 1 aliphatic rings. The Hall–Kier alpha value is -4.07. The molecule has 0 aliphatic carbocycles. The summed E-state index contributed by atoms with van der Waals surface area (Å²) in [6.07, 6.45) is 11.6. The lowest BCUT2D eigenvalue weighted by Gasteiger charge is -2.09. The summed E-state index contributed by atoms with van der Waals surface area (Å²) in [6.45, 7) is 8.72. The quantitative estimate of drug-likeness (QED) is 0.0706. The molecule has 42 heavy (non-hydrogen) atoms. The standard InChI is InChI=1S/C34H42O8/c1-3-32(35)40-24-12-7-4-6-10-22-39-29-18-20-30(21-19-29)41-34(37)27-14-16-28(17-15-27)38-23-11-8-5-9-13-31-25-26(2)33(36)42-31/h3,14-21,31H,1-2,4-13,22-25H2. The number of hydrogen-bond donors (Lipinski definition) is 0. The molecule has 0 radical (unpaired) electrons. The van der Waals surface area contributed by atoms with Crippen LogP contribution < -0.4 is 14.2 Å². The average Bonchev–Trinajstić information content (AvgIpc) is 3.32. The Labute approximate surface area is 248 Å². The third-order valence-corrected chi connectivity index (χ3v) is 6.82. The van der Waals surface area contributed by atoms with Crippen LogP contribution in [-0.4, -0.2) is 43.8 Å². The van der Waals surface area contributed by atoms with Crippen molar-refractivity contribution < 1.29 is 38.1 Å². The molecule has 1 aliphatic heterocycles. The van der Waals surface area contributed by atoms with Gasteiger partial charge >= 0.3 is 17.9 Å². The molecular formula is C34H42O8. The predicted molar refractivity (Wildman–Crippen MR) is 160 cm³/mol. The number of rotatable bonds is 20. The van der Waals surface area contributed by atoms with Gasteiger partial charge in [0.15, 0.2) is 0 Å². The summed E-state index contributed by atoms with van der Waals surface area (Å²) < 4.78 is 27.3. The second-order valence-corrected chi connectivity index (χ2v) is 10.3. The minimum atomic E-state index is -0.439. The monoisotopic (exact) mass is 578 g/mol. The van der Waals surface area contributed by atoms with Gasteiger partial charge in [-0.2, -0.15) is 0 Å². The summed E-state index contributed by atoms with van der Waals surface area (Å²) >= 11 is 0. The van der Waals surface area contributed by atoms with Crippen LogP contribution in [0.4, 0.5) is 0 Å². The van der Waals surface area contributed by atoms with Crippen molar-refractivity contribution in [3.05, 3.63) is 78.9 Å². The lowest BCUT2D eigenvalue weighted by molar-refractivity contribution is -0.139. The molecule has 8 heteroatoms. The van der Waals surface area contributed by atoms with Crippen LogP contribution in [0.25, 0.3) is 0 Å². The van der Waals surface area contributed by atoms with Crippen molar-refractivity contribution >= 4 is 17.9 Å². The second kappa shape index (κ2) is 18.4. The van der Waals surface area contributed by atoms with Gasteiger partial charge in [-0.15, -0.1) is 0 Å². The first kappa shape index (κ1) is 32.4. The summed E-state index contributed by atoms with van der Waals surface area (Å²) in [5.74, 6) is 0.799. The Morgan fingerprint density at radius 3 is 1.86 bits per heavy atom. The first-order valence-corrected chi connectivity index (χ1v) is 14.8. The summed E-state index contributed by atoms with van der Waals surface area (Å²) in [4.78, 5) is 34.9.